The summed E-state index contributed by atoms with van der Waals surface area (Å²) in [6.07, 6.45) is 5.59. The van der Waals surface area contributed by atoms with Gasteiger partial charge in [-0.1, -0.05) is 0 Å². The normalized spacial score (nSPS) is 34.3. The number of piperidine rings is 1. The summed E-state index contributed by atoms with van der Waals surface area (Å²) in [6.45, 7) is 3.70. The van der Waals surface area contributed by atoms with E-state index in [4.69, 9.17) is 0 Å². The maximum atomic E-state index is 3.73. The molecule has 2 rings (SSSR count). The van der Waals surface area contributed by atoms with Gasteiger partial charge in [0.05, 0.1) is 0 Å². The van der Waals surface area contributed by atoms with Gasteiger partial charge >= 0.3 is 0 Å². The number of hydrogen-bond donors (Lipinski definition) is 2. The molecular weight excluding hydrogens is 192 g/mol. The fraction of sp³-hybridized carbons (Fsp3) is 1.00. The van der Waals surface area contributed by atoms with E-state index >= 15 is 0 Å². The fourth-order valence-corrected chi connectivity index (χ4v) is 3.44. The molecule has 0 spiro atoms. The van der Waals surface area contributed by atoms with Crippen LogP contribution in [0.5, 0.6) is 0 Å². The van der Waals surface area contributed by atoms with E-state index in [9.17, 15) is 0 Å². The van der Waals surface area contributed by atoms with Crippen LogP contribution in [-0.2, 0) is 0 Å². The van der Waals surface area contributed by atoms with Crippen LogP contribution in [0.25, 0.3) is 0 Å². The van der Waals surface area contributed by atoms with Crippen LogP contribution in [0, 0.1) is 5.92 Å². The van der Waals surface area contributed by atoms with Gasteiger partial charge in [0.15, 0.2) is 0 Å². The average molecular weight is 214 g/mol. The molecule has 2 heterocycles. The van der Waals surface area contributed by atoms with E-state index in [0.29, 0.717) is 0 Å². The smallest absolute Gasteiger partial charge is 0.0158 e. The van der Waals surface area contributed by atoms with Crippen LogP contribution in [-0.4, -0.2) is 37.2 Å². The Kier molecular flexibility index (Phi) is 4.61. The van der Waals surface area contributed by atoms with Crippen molar-refractivity contribution < 1.29 is 0 Å². The van der Waals surface area contributed by atoms with Gasteiger partial charge in [-0.15, -0.1) is 0 Å². The lowest BCUT2D eigenvalue weighted by molar-refractivity contribution is 0.343. The Balaban J connectivity index is 1.60. The van der Waals surface area contributed by atoms with E-state index < -0.39 is 0 Å². The van der Waals surface area contributed by atoms with Crippen LogP contribution in [0.15, 0.2) is 0 Å². The highest BCUT2D eigenvalue weighted by Crippen LogP contribution is 2.17. The van der Waals surface area contributed by atoms with Crippen molar-refractivity contribution in [2.45, 2.75) is 31.7 Å². The molecule has 2 aliphatic heterocycles. The molecule has 2 fully saturated rings. The van der Waals surface area contributed by atoms with E-state index in [-0.39, 0.29) is 0 Å². The Morgan fingerprint density at radius 1 is 1.29 bits per heavy atom. The number of hydrogen-bond acceptors (Lipinski definition) is 3. The molecule has 2 N–H and O–H groups in total. The monoisotopic (exact) mass is 214 g/mol. The molecule has 2 nitrogen and oxygen atoms in total. The first-order valence-electron chi connectivity index (χ1n) is 5.97. The SMILES string of the molecule is C1CNCC(CNC2CCCSC2)C1. The molecule has 82 valence electrons. The molecule has 3 heteroatoms. The Morgan fingerprint density at radius 2 is 2.29 bits per heavy atom. The lowest BCUT2D eigenvalue weighted by atomic mass is 9.99. The molecule has 0 saturated carbocycles. The summed E-state index contributed by atoms with van der Waals surface area (Å²) in [6, 6.07) is 0.802. The van der Waals surface area contributed by atoms with Gasteiger partial charge in [-0.05, 0) is 57.0 Å². The largest absolute Gasteiger partial charge is 0.316 e. The van der Waals surface area contributed by atoms with Gasteiger partial charge < -0.3 is 10.6 Å². The zero-order valence-corrected chi connectivity index (χ0v) is 9.74. The minimum absolute atomic E-state index is 0.802. The second-order valence-electron chi connectivity index (χ2n) is 4.53. The minimum Gasteiger partial charge on any atom is -0.316 e. The van der Waals surface area contributed by atoms with E-state index in [1.165, 1.54) is 56.8 Å². The summed E-state index contributed by atoms with van der Waals surface area (Å²) in [7, 11) is 0. The summed E-state index contributed by atoms with van der Waals surface area (Å²) in [5, 5.41) is 7.21. The molecule has 0 aliphatic carbocycles. The molecule has 0 radical (unpaired) electrons. The first-order valence-corrected chi connectivity index (χ1v) is 7.12. The summed E-state index contributed by atoms with van der Waals surface area (Å²) in [5.41, 5.74) is 0. The van der Waals surface area contributed by atoms with Gasteiger partial charge in [0.1, 0.15) is 0 Å². The van der Waals surface area contributed by atoms with Crippen LogP contribution in [0.1, 0.15) is 25.7 Å². The predicted octanol–water partition coefficient (Wildman–Crippen LogP) is 1.47. The molecule has 0 aromatic heterocycles. The topological polar surface area (TPSA) is 24.1 Å². The van der Waals surface area contributed by atoms with Crippen molar-refractivity contribution in [1.29, 1.82) is 0 Å². The van der Waals surface area contributed by atoms with Crippen molar-refractivity contribution in [1.82, 2.24) is 10.6 Å². The van der Waals surface area contributed by atoms with Crippen molar-refractivity contribution in [3.05, 3.63) is 0 Å². The number of rotatable bonds is 3. The zero-order chi connectivity index (χ0) is 9.64. The second kappa shape index (κ2) is 5.99. The Hall–Kier alpha value is 0.270. The first kappa shape index (κ1) is 10.8. The fourth-order valence-electron chi connectivity index (χ4n) is 2.33. The van der Waals surface area contributed by atoms with Crippen LogP contribution in [0.2, 0.25) is 0 Å². The highest BCUT2D eigenvalue weighted by molar-refractivity contribution is 7.99. The maximum absolute atomic E-state index is 3.73. The third-order valence-corrected chi connectivity index (χ3v) is 4.47. The van der Waals surface area contributed by atoms with Gasteiger partial charge in [-0.3, -0.25) is 0 Å². The van der Waals surface area contributed by atoms with Gasteiger partial charge in [-0.2, -0.15) is 11.8 Å². The molecule has 14 heavy (non-hydrogen) atoms. The Labute approximate surface area is 91.6 Å². The van der Waals surface area contributed by atoms with Crippen LogP contribution in [0.4, 0.5) is 0 Å². The highest BCUT2D eigenvalue weighted by atomic mass is 32.2. The highest BCUT2D eigenvalue weighted by Gasteiger charge is 2.17. The standard InChI is InChI=1S/C11H22N2S/c1-3-10(7-12-5-1)8-13-11-4-2-6-14-9-11/h10-13H,1-9H2. The van der Waals surface area contributed by atoms with Crippen LogP contribution < -0.4 is 10.6 Å². The second-order valence-corrected chi connectivity index (χ2v) is 5.68. The summed E-state index contributed by atoms with van der Waals surface area (Å²) in [5.74, 6) is 3.60. The van der Waals surface area contributed by atoms with Gasteiger partial charge in [-0.25, -0.2) is 0 Å². The molecule has 2 unspecified atom stereocenters. The van der Waals surface area contributed by atoms with E-state index in [2.05, 4.69) is 22.4 Å². The number of nitrogens with one attached hydrogen (secondary N) is 2. The minimum atomic E-state index is 0.802. The van der Waals surface area contributed by atoms with Crippen molar-refractivity contribution in [3.63, 3.8) is 0 Å². The third kappa shape index (κ3) is 3.44. The molecule has 2 atom stereocenters. The maximum Gasteiger partial charge on any atom is 0.0158 e. The quantitative estimate of drug-likeness (QED) is 0.744. The Morgan fingerprint density at radius 3 is 3.00 bits per heavy atom. The molecule has 2 saturated heterocycles. The van der Waals surface area contributed by atoms with Crippen LogP contribution in [0.3, 0.4) is 0 Å². The molecule has 0 aromatic rings. The third-order valence-electron chi connectivity index (χ3n) is 3.25. The van der Waals surface area contributed by atoms with Crippen molar-refractivity contribution in [3.8, 4) is 0 Å². The van der Waals surface area contributed by atoms with E-state index in [0.717, 1.165) is 12.0 Å². The molecule has 2 aliphatic rings. The van der Waals surface area contributed by atoms with Crippen LogP contribution >= 0.6 is 11.8 Å². The van der Waals surface area contributed by atoms with Gasteiger partial charge in [0.25, 0.3) is 0 Å². The molecule has 0 amide bonds. The van der Waals surface area contributed by atoms with Gasteiger partial charge in [0.2, 0.25) is 0 Å². The number of thioether (sulfide) groups is 1. The van der Waals surface area contributed by atoms with Crippen molar-refractivity contribution in [2.75, 3.05) is 31.1 Å². The van der Waals surface area contributed by atoms with E-state index in [1.807, 2.05) is 0 Å². The Bertz CT molecular complexity index is 133. The molecule has 0 bridgehead atoms. The molecular formula is C11H22N2S. The zero-order valence-electron chi connectivity index (χ0n) is 8.93. The molecule has 0 aromatic carbocycles. The summed E-state index contributed by atoms with van der Waals surface area (Å²) >= 11 is 2.11. The van der Waals surface area contributed by atoms with Crippen molar-refractivity contribution >= 4 is 11.8 Å². The lowest BCUT2D eigenvalue weighted by Crippen LogP contribution is -2.41. The van der Waals surface area contributed by atoms with Gasteiger partial charge in [0, 0.05) is 11.8 Å². The van der Waals surface area contributed by atoms with E-state index in [1.54, 1.807) is 0 Å². The lowest BCUT2D eigenvalue weighted by Gasteiger charge is -2.27. The summed E-state index contributed by atoms with van der Waals surface area (Å²) < 4.78 is 0. The van der Waals surface area contributed by atoms with Crippen molar-refractivity contribution in [2.24, 2.45) is 5.92 Å². The predicted molar refractivity (Wildman–Crippen MR) is 63.9 cm³/mol. The summed E-state index contributed by atoms with van der Waals surface area (Å²) in [4.78, 5) is 0. The first-order chi connectivity index (χ1) is 6.95. The average Bonchev–Trinajstić information content (AvgIpc) is 2.29.